The minimum Gasteiger partial charge on any atom is -0.497 e. The highest BCUT2D eigenvalue weighted by Crippen LogP contribution is 2.38. The monoisotopic (exact) mass is 444 g/mol. The van der Waals surface area contributed by atoms with Crippen molar-refractivity contribution >= 4 is 32.7 Å². The Morgan fingerprint density at radius 2 is 1.83 bits per heavy atom. The number of aliphatic imine (C=N–C) groups is 1. The molecule has 2 aliphatic rings. The first-order valence-corrected chi connectivity index (χ1v) is 12.6. The maximum atomic E-state index is 12.6. The van der Waals surface area contributed by atoms with Gasteiger partial charge in [-0.05, 0) is 29.7 Å². The summed E-state index contributed by atoms with van der Waals surface area (Å²) in [4.78, 5) is 19.0. The van der Waals surface area contributed by atoms with E-state index in [-0.39, 0.29) is 35.1 Å². The van der Waals surface area contributed by atoms with E-state index in [4.69, 9.17) is 4.74 Å². The minimum atomic E-state index is -3.04. The van der Waals surface area contributed by atoms with Crippen molar-refractivity contribution in [2.45, 2.75) is 24.1 Å². The van der Waals surface area contributed by atoms with Crippen molar-refractivity contribution in [1.29, 1.82) is 0 Å². The topological polar surface area (TPSA) is 76.0 Å². The van der Waals surface area contributed by atoms with Crippen LogP contribution >= 0.6 is 11.8 Å². The predicted octanol–water partition coefficient (Wildman–Crippen LogP) is 2.58. The molecule has 0 aromatic heterocycles. The maximum absolute atomic E-state index is 12.6. The molecule has 2 aliphatic heterocycles. The van der Waals surface area contributed by atoms with Crippen molar-refractivity contribution < 1.29 is 17.9 Å². The molecule has 2 saturated heterocycles. The summed E-state index contributed by atoms with van der Waals surface area (Å²) in [5.41, 5.74) is 2.04. The number of rotatable bonds is 6. The third-order valence-corrected chi connectivity index (χ3v) is 8.64. The minimum absolute atomic E-state index is 0.0571. The summed E-state index contributed by atoms with van der Waals surface area (Å²) in [6.07, 6.45) is 0.977. The highest BCUT2D eigenvalue weighted by atomic mass is 32.2. The zero-order valence-corrected chi connectivity index (χ0v) is 18.4. The number of amides is 1. The van der Waals surface area contributed by atoms with Crippen molar-refractivity contribution in [2.24, 2.45) is 4.99 Å². The van der Waals surface area contributed by atoms with E-state index < -0.39 is 9.84 Å². The molecule has 2 heterocycles. The van der Waals surface area contributed by atoms with Gasteiger partial charge >= 0.3 is 0 Å². The molecule has 0 bridgehead atoms. The van der Waals surface area contributed by atoms with E-state index in [0.29, 0.717) is 11.7 Å². The lowest BCUT2D eigenvalue weighted by Crippen LogP contribution is -2.39. The van der Waals surface area contributed by atoms with Gasteiger partial charge in [-0.25, -0.2) is 8.42 Å². The van der Waals surface area contributed by atoms with E-state index in [1.807, 2.05) is 47.4 Å². The zero-order chi connectivity index (χ0) is 21.1. The van der Waals surface area contributed by atoms with Crippen LogP contribution in [0.25, 0.3) is 0 Å². The molecule has 0 aliphatic carbocycles. The Morgan fingerprint density at radius 1 is 1.10 bits per heavy atom. The second-order valence-electron chi connectivity index (χ2n) is 7.54. The summed E-state index contributed by atoms with van der Waals surface area (Å²) in [5, 5.41) is 0.590. The number of amidine groups is 1. The average Bonchev–Trinajstić information content (AvgIpc) is 3.18. The number of methoxy groups -OCH3 is 1. The van der Waals surface area contributed by atoms with Crippen molar-refractivity contribution in [3.8, 4) is 5.75 Å². The first-order chi connectivity index (χ1) is 14.4. The first kappa shape index (κ1) is 20.9. The number of hydrogen-bond acceptors (Lipinski definition) is 5. The fourth-order valence-electron chi connectivity index (χ4n) is 3.86. The van der Waals surface area contributed by atoms with Crippen LogP contribution in [0.2, 0.25) is 0 Å². The molecule has 2 fully saturated rings. The van der Waals surface area contributed by atoms with Crippen LogP contribution in [-0.2, 0) is 27.5 Å². The van der Waals surface area contributed by atoms with Crippen LogP contribution in [0, 0.1) is 0 Å². The van der Waals surface area contributed by atoms with Gasteiger partial charge in [0, 0.05) is 11.8 Å². The number of thioether (sulfide) groups is 1. The molecular weight excluding hydrogens is 420 g/mol. The fourth-order valence-corrected chi connectivity index (χ4v) is 7.85. The molecule has 30 heavy (non-hydrogen) atoms. The average molecular weight is 445 g/mol. The van der Waals surface area contributed by atoms with E-state index >= 15 is 0 Å². The molecule has 2 unspecified atom stereocenters. The van der Waals surface area contributed by atoms with E-state index in [0.717, 1.165) is 17.7 Å². The number of ether oxygens (including phenoxy) is 1. The third kappa shape index (κ3) is 4.87. The number of carbonyl (C=O) groups is 1. The normalized spacial score (nSPS) is 23.5. The second kappa shape index (κ2) is 8.81. The van der Waals surface area contributed by atoms with E-state index in [2.05, 4.69) is 17.1 Å². The van der Waals surface area contributed by atoms with Gasteiger partial charge in [0.2, 0.25) is 0 Å². The van der Waals surface area contributed by atoms with Crippen LogP contribution in [0.1, 0.15) is 11.1 Å². The molecule has 0 spiro atoms. The van der Waals surface area contributed by atoms with Gasteiger partial charge in [-0.15, -0.1) is 0 Å². The van der Waals surface area contributed by atoms with E-state index in [1.54, 1.807) is 7.11 Å². The smallest absolute Gasteiger partial charge is 0.252 e. The quantitative estimate of drug-likeness (QED) is 0.682. The zero-order valence-electron chi connectivity index (χ0n) is 16.7. The van der Waals surface area contributed by atoms with Gasteiger partial charge in [0.15, 0.2) is 15.0 Å². The van der Waals surface area contributed by atoms with E-state index in [9.17, 15) is 13.2 Å². The Bertz CT molecular complexity index is 1040. The van der Waals surface area contributed by atoms with Gasteiger partial charge < -0.3 is 9.64 Å². The Hall–Kier alpha value is -2.32. The number of sulfone groups is 1. The highest BCUT2D eigenvalue weighted by Gasteiger charge is 2.48. The lowest BCUT2D eigenvalue weighted by molar-refractivity contribution is -0.117. The Kier molecular flexibility index (Phi) is 6.15. The van der Waals surface area contributed by atoms with Crippen LogP contribution < -0.4 is 4.74 Å². The molecule has 1 amide bonds. The number of benzene rings is 2. The Labute approximate surface area is 181 Å². The molecule has 8 heteroatoms. The summed E-state index contributed by atoms with van der Waals surface area (Å²) < 4.78 is 29.4. The van der Waals surface area contributed by atoms with Crippen LogP contribution in [0.15, 0.2) is 59.6 Å². The number of carbonyl (C=O) groups excluding carboxylic acids is 1. The molecule has 158 valence electrons. The Morgan fingerprint density at radius 3 is 2.53 bits per heavy atom. The summed E-state index contributed by atoms with van der Waals surface area (Å²) >= 11 is 1.43. The van der Waals surface area contributed by atoms with Crippen molar-refractivity contribution in [1.82, 2.24) is 4.90 Å². The largest absolute Gasteiger partial charge is 0.497 e. The molecule has 0 radical (unpaired) electrons. The van der Waals surface area contributed by atoms with E-state index in [1.165, 1.54) is 17.3 Å². The lowest BCUT2D eigenvalue weighted by atomic mass is 10.1. The van der Waals surface area contributed by atoms with Gasteiger partial charge in [0.1, 0.15) is 5.75 Å². The third-order valence-electron chi connectivity index (χ3n) is 5.39. The summed E-state index contributed by atoms with van der Waals surface area (Å²) in [5.74, 6) is 0.793. The molecule has 2 aromatic rings. The second-order valence-corrected chi connectivity index (χ2v) is 10.9. The molecule has 0 N–H and O–H groups in total. The number of fused-ring (bicyclic) bond motifs is 1. The summed E-state index contributed by atoms with van der Waals surface area (Å²) in [7, 11) is -1.44. The van der Waals surface area contributed by atoms with Crippen molar-refractivity contribution in [3.05, 3.63) is 65.7 Å². The summed E-state index contributed by atoms with van der Waals surface area (Å²) in [6.45, 7) is 0.641. The van der Waals surface area contributed by atoms with Gasteiger partial charge in [-0.2, -0.15) is 4.99 Å². The molecule has 4 rings (SSSR count). The van der Waals surface area contributed by atoms with Crippen LogP contribution in [-0.4, -0.2) is 60.8 Å². The van der Waals surface area contributed by atoms with Crippen molar-refractivity contribution in [2.75, 3.05) is 25.2 Å². The molecule has 6 nitrogen and oxygen atoms in total. The fraction of sp³-hybridized carbons (Fsp3) is 0.364. The maximum Gasteiger partial charge on any atom is 0.252 e. The molecule has 2 aromatic carbocycles. The van der Waals surface area contributed by atoms with Gasteiger partial charge in [-0.3, -0.25) is 4.79 Å². The number of nitrogens with zero attached hydrogens (tertiary/aromatic N) is 2. The van der Waals surface area contributed by atoms with Gasteiger partial charge in [0.05, 0.1) is 31.1 Å². The van der Waals surface area contributed by atoms with Gasteiger partial charge in [0.25, 0.3) is 5.91 Å². The highest BCUT2D eigenvalue weighted by molar-refractivity contribution is 8.15. The van der Waals surface area contributed by atoms with Crippen LogP contribution in [0.3, 0.4) is 0 Å². The van der Waals surface area contributed by atoms with Crippen molar-refractivity contribution in [3.63, 3.8) is 0 Å². The Balaban J connectivity index is 1.49. The molecule has 0 saturated carbocycles. The molecule has 2 atom stereocenters. The number of hydrogen-bond donors (Lipinski definition) is 0. The van der Waals surface area contributed by atoms with Crippen LogP contribution in [0.5, 0.6) is 5.75 Å². The molecular formula is C22H24N2O4S2. The first-order valence-electron chi connectivity index (χ1n) is 9.85. The van der Waals surface area contributed by atoms with Crippen LogP contribution in [0.4, 0.5) is 0 Å². The lowest BCUT2D eigenvalue weighted by Gasteiger charge is -2.24. The predicted molar refractivity (Wildman–Crippen MR) is 120 cm³/mol. The SMILES string of the molecule is COc1ccc(CC(=O)N=C2SC3CS(=O)(=O)CC3N2CCc2ccccc2)cc1. The standard InChI is InChI=1S/C22H24N2O4S2/c1-28-18-9-7-17(8-10-18)13-21(25)23-22-24(12-11-16-5-3-2-4-6-16)19-14-30(26,27)15-20(19)29-22/h2-10,19-20H,11-15H2,1H3. The van der Waals surface area contributed by atoms with Gasteiger partial charge in [-0.1, -0.05) is 54.2 Å². The summed E-state index contributed by atoms with van der Waals surface area (Å²) in [6, 6.07) is 17.3.